The van der Waals surface area contributed by atoms with E-state index in [-0.39, 0.29) is 11.9 Å². The monoisotopic (exact) mass is 309 g/mol. The number of likely N-dealkylation sites (N-methyl/N-ethyl adjacent to an activating group) is 1. The molecule has 0 unspecified atom stereocenters. The lowest BCUT2D eigenvalue weighted by atomic mass is 10.2. The van der Waals surface area contributed by atoms with Gasteiger partial charge in [0, 0.05) is 17.7 Å². The number of esters is 2. The van der Waals surface area contributed by atoms with Gasteiger partial charge in [0.15, 0.2) is 0 Å². The van der Waals surface area contributed by atoms with Crippen LogP contribution in [0, 0.1) is 0 Å². The first-order valence-corrected chi connectivity index (χ1v) is 6.77. The highest BCUT2D eigenvalue weighted by Gasteiger charge is 2.02. The molecule has 5 heteroatoms. The van der Waals surface area contributed by atoms with Crippen LogP contribution in [0.25, 0.3) is 0 Å². The second-order valence-electron chi connectivity index (χ2n) is 4.68. The van der Waals surface area contributed by atoms with Crippen molar-refractivity contribution in [2.45, 2.75) is 13.3 Å². The van der Waals surface area contributed by atoms with Gasteiger partial charge >= 0.3 is 11.9 Å². The fraction of sp³-hybridized carbons (Fsp3) is 0.412. The molecule has 0 aromatic carbocycles. The number of rotatable bonds is 8. The third kappa shape index (κ3) is 14.3. The quantitative estimate of drug-likeness (QED) is 0.392. The molecule has 0 heterocycles. The van der Waals surface area contributed by atoms with Crippen molar-refractivity contribution in [2.75, 3.05) is 34.4 Å². The first kappa shape index (κ1) is 22.1. The van der Waals surface area contributed by atoms with Gasteiger partial charge in [0.2, 0.25) is 0 Å². The molecule has 0 aliphatic heterocycles. The minimum absolute atomic E-state index is 0.313. The predicted molar refractivity (Wildman–Crippen MR) is 89.4 cm³/mol. The Morgan fingerprint density at radius 2 is 1.77 bits per heavy atom. The van der Waals surface area contributed by atoms with Crippen molar-refractivity contribution in [1.82, 2.24) is 4.90 Å². The number of ether oxygens (including phenoxy) is 2. The summed E-state index contributed by atoms with van der Waals surface area (Å²) >= 11 is 0. The third-order valence-corrected chi connectivity index (χ3v) is 2.23. The van der Waals surface area contributed by atoms with Gasteiger partial charge in [0.05, 0.1) is 7.11 Å². The van der Waals surface area contributed by atoms with Crippen molar-refractivity contribution in [1.29, 1.82) is 0 Å². The zero-order valence-electron chi connectivity index (χ0n) is 14.1. The van der Waals surface area contributed by atoms with Gasteiger partial charge < -0.3 is 14.4 Å². The Balaban J connectivity index is 0. The summed E-state index contributed by atoms with van der Waals surface area (Å²) < 4.78 is 9.28. The van der Waals surface area contributed by atoms with Crippen molar-refractivity contribution in [2.24, 2.45) is 0 Å². The fourth-order valence-corrected chi connectivity index (χ4v) is 0.978. The average Bonchev–Trinajstić information content (AvgIpc) is 2.46. The Bertz CT molecular complexity index is 422. The lowest BCUT2D eigenvalue weighted by Gasteiger charge is -2.09. The molecule has 5 nitrogen and oxygen atoms in total. The second-order valence-corrected chi connectivity index (χ2v) is 4.68. The summed E-state index contributed by atoms with van der Waals surface area (Å²) in [6, 6.07) is 0. The highest BCUT2D eigenvalue weighted by atomic mass is 16.5. The summed E-state index contributed by atoms with van der Waals surface area (Å²) in [5.74, 6) is -0.675. The Morgan fingerprint density at radius 1 is 1.18 bits per heavy atom. The maximum atomic E-state index is 10.8. The van der Waals surface area contributed by atoms with Gasteiger partial charge in [-0.3, -0.25) is 0 Å². The van der Waals surface area contributed by atoms with Crippen molar-refractivity contribution < 1.29 is 19.1 Å². The first-order valence-electron chi connectivity index (χ1n) is 6.77. The fourth-order valence-electron chi connectivity index (χ4n) is 0.978. The van der Waals surface area contributed by atoms with Crippen LogP contribution in [0.2, 0.25) is 0 Å². The number of carbonyl (C=O) groups excluding carboxylic acids is 2. The standard InChI is InChI=1S/C9H12O2.C8H15NO2/c1-4-5-6-7-8(2)9(10)11-3;1-7(2)8(10)11-6-5-9(3)4/h4-6H,1-2,7H2,3H3;1,5-6H2,2-4H3. The number of nitrogens with zero attached hydrogens (tertiary/aromatic N) is 1. The molecule has 22 heavy (non-hydrogen) atoms. The minimum Gasteiger partial charge on any atom is -0.466 e. The highest BCUT2D eigenvalue weighted by Crippen LogP contribution is 2.00. The molecule has 0 spiro atoms. The van der Waals surface area contributed by atoms with Gasteiger partial charge in [0.25, 0.3) is 0 Å². The molecule has 124 valence electrons. The smallest absolute Gasteiger partial charge is 0.333 e. The van der Waals surface area contributed by atoms with E-state index in [4.69, 9.17) is 4.74 Å². The van der Waals surface area contributed by atoms with E-state index in [1.807, 2.05) is 19.0 Å². The van der Waals surface area contributed by atoms with Crippen LogP contribution in [0.5, 0.6) is 0 Å². The molecule has 0 rings (SSSR count). The molecule has 0 saturated carbocycles. The average molecular weight is 309 g/mol. The molecular formula is C17H27NO4. The molecule has 0 fully saturated rings. The van der Waals surface area contributed by atoms with Crippen molar-refractivity contribution in [3.8, 4) is 0 Å². The lowest BCUT2D eigenvalue weighted by molar-refractivity contribution is -0.139. The molecule has 0 atom stereocenters. The van der Waals surface area contributed by atoms with Crippen LogP contribution in [0.3, 0.4) is 0 Å². The highest BCUT2D eigenvalue weighted by molar-refractivity contribution is 5.87. The Morgan fingerprint density at radius 3 is 2.18 bits per heavy atom. The minimum atomic E-state index is -0.362. The van der Waals surface area contributed by atoms with Gasteiger partial charge in [0.1, 0.15) is 6.61 Å². The van der Waals surface area contributed by atoms with Gasteiger partial charge in [-0.05, 0) is 27.4 Å². The normalized spacial score (nSPS) is 9.68. The SMILES string of the molecule is C=C(C)C(=O)OCCN(C)C.C=CC=CCC(=C)C(=O)OC. The Labute approximate surface area is 133 Å². The van der Waals surface area contributed by atoms with E-state index in [1.165, 1.54) is 7.11 Å². The van der Waals surface area contributed by atoms with Gasteiger partial charge in [-0.25, -0.2) is 9.59 Å². The zero-order valence-corrected chi connectivity index (χ0v) is 14.1. The molecule has 0 bridgehead atoms. The molecule has 0 aliphatic carbocycles. The lowest BCUT2D eigenvalue weighted by Crippen LogP contribution is -2.20. The Hall–Kier alpha value is -2.14. The predicted octanol–water partition coefficient (Wildman–Crippen LogP) is 2.52. The topological polar surface area (TPSA) is 55.8 Å². The van der Waals surface area contributed by atoms with Crippen LogP contribution in [-0.4, -0.2) is 51.2 Å². The van der Waals surface area contributed by atoms with Crippen molar-refractivity contribution >= 4 is 11.9 Å². The largest absolute Gasteiger partial charge is 0.466 e. The molecule has 0 aromatic rings. The molecule has 0 N–H and O–H groups in total. The van der Waals surface area contributed by atoms with Crippen molar-refractivity contribution in [3.63, 3.8) is 0 Å². The molecule has 0 radical (unpaired) electrons. The molecular weight excluding hydrogens is 282 g/mol. The molecule has 0 saturated heterocycles. The van der Waals surface area contributed by atoms with Crippen LogP contribution in [0.15, 0.2) is 49.1 Å². The second kappa shape index (κ2) is 13.8. The molecule has 0 aromatic heterocycles. The summed E-state index contributed by atoms with van der Waals surface area (Å²) in [6.07, 6.45) is 5.71. The van der Waals surface area contributed by atoms with Gasteiger partial charge in [-0.2, -0.15) is 0 Å². The molecule has 0 amide bonds. The van der Waals surface area contributed by atoms with E-state index in [0.29, 0.717) is 24.2 Å². The zero-order chi connectivity index (χ0) is 17.5. The van der Waals surface area contributed by atoms with E-state index in [9.17, 15) is 9.59 Å². The van der Waals surface area contributed by atoms with Crippen LogP contribution in [0.4, 0.5) is 0 Å². The maximum Gasteiger partial charge on any atom is 0.333 e. The summed E-state index contributed by atoms with van der Waals surface area (Å²) in [6.45, 7) is 13.3. The number of carbonyl (C=O) groups is 2. The number of hydrogen-bond donors (Lipinski definition) is 0. The third-order valence-electron chi connectivity index (χ3n) is 2.23. The Kier molecular flexibility index (Phi) is 13.9. The first-order chi connectivity index (χ1) is 10.3. The van der Waals surface area contributed by atoms with E-state index in [2.05, 4.69) is 24.5 Å². The number of methoxy groups -OCH3 is 1. The van der Waals surface area contributed by atoms with Crippen LogP contribution < -0.4 is 0 Å². The van der Waals surface area contributed by atoms with E-state index < -0.39 is 0 Å². The van der Waals surface area contributed by atoms with Gasteiger partial charge in [-0.1, -0.05) is 38.0 Å². The van der Waals surface area contributed by atoms with Crippen molar-refractivity contribution in [3.05, 3.63) is 49.1 Å². The summed E-state index contributed by atoms with van der Waals surface area (Å²) in [7, 11) is 5.19. The van der Waals surface area contributed by atoms with E-state index in [1.54, 1.807) is 25.2 Å². The summed E-state index contributed by atoms with van der Waals surface area (Å²) in [4.78, 5) is 23.5. The summed E-state index contributed by atoms with van der Waals surface area (Å²) in [5, 5.41) is 0. The number of allylic oxidation sites excluding steroid dienone is 3. The van der Waals surface area contributed by atoms with E-state index in [0.717, 1.165) is 6.54 Å². The maximum absolute atomic E-state index is 10.8. The number of hydrogen-bond acceptors (Lipinski definition) is 5. The van der Waals surface area contributed by atoms with Gasteiger partial charge in [-0.15, -0.1) is 0 Å². The van der Waals surface area contributed by atoms with Crippen LogP contribution in [0.1, 0.15) is 13.3 Å². The van der Waals surface area contributed by atoms with Crippen LogP contribution in [-0.2, 0) is 19.1 Å². The summed E-state index contributed by atoms with van der Waals surface area (Å²) in [5.41, 5.74) is 0.898. The van der Waals surface area contributed by atoms with E-state index >= 15 is 0 Å². The van der Waals surface area contributed by atoms with Crippen LogP contribution >= 0.6 is 0 Å². The molecule has 0 aliphatic rings.